The number of aromatic nitrogens is 1. The van der Waals surface area contributed by atoms with Gasteiger partial charge in [0.15, 0.2) is 0 Å². The summed E-state index contributed by atoms with van der Waals surface area (Å²) in [6, 6.07) is 51.6. The van der Waals surface area contributed by atoms with Crippen molar-refractivity contribution in [2.75, 3.05) is 4.90 Å². The van der Waals surface area contributed by atoms with Crippen molar-refractivity contribution in [3.63, 3.8) is 0 Å². The maximum atomic E-state index is 6.65. The molecule has 9 rings (SSSR count). The number of nitrogens with one attached hydrogen (secondary N) is 1. The molecule has 4 heteroatoms. The van der Waals surface area contributed by atoms with Crippen molar-refractivity contribution < 1.29 is 4.42 Å². The van der Waals surface area contributed by atoms with Gasteiger partial charge in [-0.1, -0.05) is 104 Å². The van der Waals surface area contributed by atoms with Crippen LogP contribution < -0.4 is 20.8 Å². The average molecular weight is 634 g/mol. The lowest BCUT2D eigenvalue weighted by atomic mass is 10.0. The van der Waals surface area contributed by atoms with E-state index in [1.54, 1.807) is 0 Å². The molecule has 0 amide bonds. The van der Waals surface area contributed by atoms with Crippen LogP contribution in [0, 0.1) is 0 Å². The third kappa shape index (κ3) is 4.97. The highest BCUT2D eigenvalue weighted by atomic mass is 16.3. The van der Waals surface area contributed by atoms with Crippen LogP contribution in [0.1, 0.15) is 29.7 Å². The minimum absolute atomic E-state index is 0.259. The van der Waals surface area contributed by atoms with Crippen LogP contribution in [0.4, 0.5) is 11.4 Å². The number of anilines is 2. The summed E-state index contributed by atoms with van der Waals surface area (Å²) in [5, 5.41) is 9.14. The molecular formula is C45H35N3O. The second-order valence-electron chi connectivity index (χ2n) is 12.8. The van der Waals surface area contributed by atoms with Crippen molar-refractivity contribution in [3.8, 4) is 5.69 Å². The highest BCUT2D eigenvalue weighted by Crippen LogP contribution is 2.36. The van der Waals surface area contributed by atoms with Crippen LogP contribution in [-0.4, -0.2) is 4.57 Å². The molecule has 1 unspecified atom stereocenters. The van der Waals surface area contributed by atoms with Crippen molar-refractivity contribution in [3.05, 3.63) is 179 Å². The van der Waals surface area contributed by atoms with E-state index in [4.69, 9.17) is 4.42 Å². The fourth-order valence-corrected chi connectivity index (χ4v) is 7.25. The first-order valence-corrected chi connectivity index (χ1v) is 16.8. The van der Waals surface area contributed by atoms with Gasteiger partial charge in [0.2, 0.25) is 0 Å². The van der Waals surface area contributed by atoms with Gasteiger partial charge in [-0.05, 0) is 78.2 Å². The Morgan fingerprint density at radius 3 is 2.22 bits per heavy atom. The Labute approximate surface area is 285 Å². The number of para-hydroxylation sites is 3. The lowest BCUT2D eigenvalue weighted by Gasteiger charge is -2.25. The predicted octanol–water partition coefficient (Wildman–Crippen LogP) is 9.76. The van der Waals surface area contributed by atoms with Crippen LogP contribution in [-0.2, 0) is 6.54 Å². The van der Waals surface area contributed by atoms with E-state index in [1.165, 1.54) is 11.1 Å². The number of furan rings is 1. The lowest BCUT2D eigenvalue weighted by molar-refractivity contribution is 0.575. The number of hydrogen-bond acceptors (Lipinski definition) is 3. The summed E-state index contributed by atoms with van der Waals surface area (Å²) in [4.78, 5) is 2.31. The number of allylic oxidation sites excluding steroid dienone is 1. The normalized spacial score (nSPS) is 14.8. The monoisotopic (exact) mass is 633 g/mol. The van der Waals surface area contributed by atoms with Gasteiger partial charge in [-0.2, -0.15) is 0 Å². The van der Waals surface area contributed by atoms with Crippen molar-refractivity contribution in [1.82, 2.24) is 9.88 Å². The fourth-order valence-electron chi connectivity index (χ4n) is 7.25. The molecule has 4 nitrogen and oxygen atoms in total. The minimum atomic E-state index is 0.259. The van der Waals surface area contributed by atoms with Gasteiger partial charge < -0.3 is 19.2 Å². The number of nitrogens with zero attached hydrogens (tertiary/aromatic N) is 2. The molecule has 1 aliphatic rings. The predicted molar refractivity (Wildman–Crippen MR) is 204 cm³/mol. The number of benzene rings is 6. The number of fused-ring (bicyclic) bond motifs is 8. The van der Waals surface area contributed by atoms with Crippen molar-refractivity contribution in [2.45, 2.75) is 19.5 Å². The molecule has 1 N–H and O–H groups in total. The highest BCUT2D eigenvalue weighted by Gasteiger charge is 2.21. The van der Waals surface area contributed by atoms with E-state index in [0.717, 1.165) is 78.2 Å². The standard InChI is InChI=1S/C45H35N3O/c1-30-27-39-42(48(35-15-7-4-8-16-35)41-26-25-38-37-18-10-12-20-43(37)49-45(38)44(39)41)29-47(40-19-11-9-17-36(30)40)34-23-21-32(22-24-34)28-46-31(2)33-13-5-3-6-14-33/h3-27,29,31,46H,1,28H2,2H3/b39-27+,42-29+. The van der Waals surface area contributed by atoms with Gasteiger partial charge in [-0.25, -0.2) is 0 Å². The molecule has 49 heavy (non-hydrogen) atoms. The second kappa shape index (κ2) is 11.9. The first-order valence-electron chi connectivity index (χ1n) is 16.8. The molecule has 8 aromatic rings. The fraction of sp³-hybridized carbons (Fsp3) is 0.0667. The Morgan fingerprint density at radius 1 is 0.694 bits per heavy atom. The lowest BCUT2D eigenvalue weighted by Crippen LogP contribution is -2.33. The van der Waals surface area contributed by atoms with E-state index in [1.807, 2.05) is 12.1 Å². The smallest absolute Gasteiger partial charge is 0.145 e. The van der Waals surface area contributed by atoms with E-state index in [-0.39, 0.29) is 6.04 Å². The number of rotatable bonds is 6. The third-order valence-corrected chi connectivity index (χ3v) is 9.77. The van der Waals surface area contributed by atoms with Crippen molar-refractivity contribution in [2.24, 2.45) is 0 Å². The van der Waals surface area contributed by atoms with E-state index in [0.29, 0.717) is 0 Å². The average Bonchev–Trinajstić information content (AvgIpc) is 3.68. The Bertz CT molecular complexity index is 2630. The highest BCUT2D eigenvalue weighted by molar-refractivity contribution is 6.16. The largest absolute Gasteiger partial charge is 0.455 e. The molecule has 2 aromatic heterocycles. The summed E-state index contributed by atoms with van der Waals surface area (Å²) in [6.07, 6.45) is 4.52. The van der Waals surface area contributed by atoms with Crippen molar-refractivity contribution in [1.29, 1.82) is 0 Å². The van der Waals surface area contributed by atoms with Gasteiger partial charge in [0.25, 0.3) is 0 Å². The van der Waals surface area contributed by atoms with Crippen LogP contribution in [0.3, 0.4) is 0 Å². The Balaban J connectivity index is 1.25. The molecule has 0 spiro atoms. The molecule has 1 aliphatic heterocycles. The molecule has 0 bridgehead atoms. The van der Waals surface area contributed by atoms with Gasteiger partial charge in [0.1, 0.15) is 11.2 Å². The van der Waals surface area contributed by atoms with Crippen molar-refractivity contribution >= 4 is 62.1 Å². The first-order chi connectivity index (χ1) is 24.1. The SMILES string of the molecule is C=C1/C=c2\c(n(-c3ccccc3)c3ccc4c5ccccc5oc4c23)=C/N(c2ccc(CNC(C)c3ccccc3)cc2)c2ccccc21. The number of hydrogen-bond donors (Lipinski definition) is 1. The molecular weight excluding hydrogens is 599 g/mol. The zero-order valence-electron chi connectivity index (χ0n) is 27.3. The van der Waals surface area contributed by atoms with Gasteiger partial charge in [0.05, 0.1) is 21.9 Å². The molecule has 0 saturated heterocycles. The third-order valence-electron chi connectivity index (χ3n) is 9.77. The minimum Gasteiger partial charge on any atom is -0.455 e. The van der Waals surface area contributed by atoms with Gasteiger partial charge in [0, 0.05) is 51.7 Å². The summed E-state index contributed by atoms with van der Waals surface area (Å²) >= 11 is 0. The molecule has 1 atom stereocenters. The summed E-state index contributed by atoms with van der Waals surface area (Å²) < 4.78 is 9.01. The van der Waals surface area contributed by atoms with Crippen LogP contribution >= 0.6 is 0 Å². The van der Waals surface area contributed by atoms with Gasteiger partial charge in [-0.15, -0.1) is 0 Å². The molecule has 0 radical (unpaired) electrons. The molecule has 6 aromatic carbocycles. The second-order valence-corrected chi connectivity index (χ2v) is 12.8. The van der Waals surface area contributed by atoms with Gasteiger partial charge >= 0.3 is 0 Å². The van der Waals surface area contributed by atoms with Crippen LogP contribution in [0.2, 0.25) is 0 Å². The summed E-state index contributed by atoms with van der Waals surface area (Å²) in [7, 11) is 0. The molecule has 236 valence electrons. The molecule has 0 fully saturated rings. The summed E-state index contributed by atoms with van der Waals surface area (Å²) in [5.41, 5.74) is 10.7. The Morgan fingerprint density at radius 2 is 1.41 bits per heavy atom. The zero-order valence-corrected chi connectivity index (χ0v) is 27.3. The van der Waals surface area contributed by atoms with Crippen LogP contribution in [0.25, 0.3) is 56.4 Å². The topological polar surface area (TPSA) is 33.3 Å². The van der Waals surface area contributed by atoms with Gasteiger partial charge in [-0.3, -0.25) is 0 Å². The van der Waals surface area contributed by atoms with E-state index in [2.05, 4.69) is 174 Å². The van der Waals surface area contributed by atoms with Crippen LogP contribution in [0.5, 0.6) is 0 Å². The molecule has 0 saturated carbocycles. The Kier molecular flexibility index (Phi) is 7.03. The summed E-state index contributed by atoms with van der Waals surface area (Å²) in [5.74, 6) is 0. The van der Waals surface area contributed by atoms with Crippen LogP contribution in [0.15, 0.2) is 157 Å². The first kappa shape index (κ1) is 29.1. The maximum absolute atomic E-state index is 6.65. The Hall–Kier alpha value is -6.10. The summed E-state index contributed by atoms with van der Waals surface area (Å²) in [6.45, 7) is 7.62. The molecule has 3 heterocycles. The molecule has 0 aliphatic carbocycles. The maximum Gasteiger partial charge on any atom is 0.145 e. The quantitative estimate of drug-likeness (QED) is 0.198. The van der Waals surface area contributed by atoms with E-state index in [9.17, 15) is 0 Å². The zero-order chi connectivity index (χ0) is 32.9. The van der Waals surface area contributed by atoms with E-state index >= 15 is 0 Å². The van der Waals surface area contributed by atoms with E-state index < -0.39 is 0 Å².